The first-order valence-electron chi connectivity index (χ1n) is 7.24. The molecule has 1 amide bonds. The summed E-state index contributed by atoms with van der Waals surface area (Å²) in [5, 5.41) is 3.84. The minimum atomic E-state index is -0.448. The molecule has 3 aromatic rings. The van der Waals surface area contributed by atoms with E-state index >= 15 is 0 Å². The Morgan fingerprint density at radius 3 is 3.04 bits per heavy atom. The molecule has 3 rings (SSSR count). The van der Waals surface area contributed by atoms with Crippen LogP contribution in [0.4, 0.5) is 4.39 Å². The lowest BCUT2D eigenvalue weighted by atomic mass is 10.1. The fourth-order valence-corrected chi connectivity index (χ4v) is 2.66. The van der Waals surface area contributed by atoms with Crippen molar-refractivity contribution < 1.29 is 9.18 Å². The molecule has 0 radical (unpaired) electrons. The first-order chi connectivity index (χ1) is 11.0. The molecular formula is C16H16ClFN4O. The fraction of sp³-hybridized carbons (Fsp3) is 0.250. The zero-order valence-corrected chi connectivity index (χ0v) is 13.3. The van der Waals surface area contributed by atoms with Crippen LogP contribution in [-0.2, 0) is 17.8 Å². The van der Waals surface area contributed by atoms with Crippen molar-refractivity contribution in [2.75, 3.05) is 6.54 Å². The smallest absolute Gasteiger partial charge is 0.239 e. The lowest BCUT2D eigenvalue weighted by Gasteiger charge is -2.07. The van der Waals surface area contributed by atoms with E-state index in [1.165, 1.54) is 6.07 Å². The van der Waals surface area contributed by atoms with Crippen LogP contribution in [0.1, 0.15) is 11.4 Å². The standard InChI is InChI=1S/C16H16ClFN4O/c1-10-19-4-5-22(10)9-16(23)20-3-2-11-8-21-15-7-14(18)13(17)6-12(11)15/h4-8,21H,2-3,9H2,1H3,(H,20,23). The van der Waals surface area contributed by atoms with E-state index in [0.29, 0.717) is 18.5 Å². The second-order valence-electron chi connectivity index (χ2n) is 5.33. The van der Waals surface area contributed by atoms with Gasteiger partial charge in [0.05, 0.1) is 5.02 Å². The minimum Gasteiger partial charge on any atom is -0.361 e. The number of aryl methyl sites for hydroxylation is 1. The summed E-state index contributed by atoms with van der Waals surface area (Å²) in [6.45, 7) is 2.59. The van der Waals surface area contributed by atoms with Gasteiger partial charge in [-0.15, -0.1) is 0 Å². The number of aromatic amines is 1. The van der Waals surface area contributed by atoms with Crippen LogP contribution in [0, 0.1) is 12.7 Å². The molecule has 0 atom stereocenters. The molecular weight excluding hydrogens is 319 g/mol. The molecule has 23 heavy (non-hydrogen) atoms. The predicted molar refractivity (Wildman–Crippen MR) is 86.9 cm³/mol. The van der Waals surface area contributed by atoms with E-state index in [4.69, 9.17) is 11.6 Å². The number of nitrogens with zero attached hydrogens (tertiary/aromatic N) is 2. The Labute approximate surface area is 137 Å². The highest BCUT2D eigenvalue weighted by molar-refractivity contribution is 6.31. The molecule has 2 aromatic heterocycles. The van der Waals surface area contributed by atoms with Crippen LogP contribution in [-0.4, -0.2) is 27.0 Å². The van der Waals surface area contributed by atoms with Gasteiger partial charge in [-0.3, -0.25) is 4.79 Å². The van der Waals surface area contributed by atoms with Crippen molar-refractivity contribution in [3.63, 3.8) is 0 Å². The molecule has 0 aliphatic rings. The van der Waals surface area contributed by atoms with Crippen molar-refractivity contribution in [1.82, 2.24) is 19.9 Å². The van der Waals surface area contributed by atoms with E-state index in [-0.39, 0.29) is 17.5 Å². The number of hydrogen-bond donors (Lipinski definition) is 2. The third-order valence-corrected chi connectivity index (χ3v) is 4.05. The molecule has 0 spiro atoms. The number of nitrogens with one attached hydrogen (secondary N) is 2. The summed E-state index contributed by atoms with van der Waals surface area (Å²) >= 11 is 5.83. The van der Waals surface area contributed by atoms with Crippen molar-refractivity contribution in [2.24, 2.45) is 0 Å². The number of aromatic nitrogens is 3. The zero-order chi connectivity index (χ0) is 16.4. The van der Waals surface area contributed by atoms with Gasteiger partial charge in [-0.1, -0.05) is 11.6 Å². The van der Waals surface area contributed by atoms with Gasteiger partial charge in [0, 0.05) is 36.0 Å². The molecule has 7 heteroatoms. The first-order valence-corrected chi connectivity index (χ1v) is 7.62. The third-order valence-electron chi connectivity index (χ3n) is 3.76. The van der Waals surface area contributed by atoms with Gasteiger partial charge in [0.1, 0.15) is 18.2 Å². The number of fused-ring (bicyclic) bond motifs is 1. The van der Waals surface area contributed by atoms with Gasteiger partial charge in [0.25, 0.3) is 0 Å². The number of hydrogen-bond acceptors (Lipinski definition) is 2. The van der Waals surface area contributed by atoms with Crippen molar-refractivity contribution in [2.45, 2.75) is 19.9 Å². The Balaban J connectivity index is 1.59. The maximum absolute atomic E-state index is 13.4. The quantitative estimate of drug-likeness (QED) is 0.753. The van der Waals surface area contributed by atoms with Crippen LogP contribution in [0.2, 0.25) is 5.02 Å². The van der Waals surface area contributed by atoms with Crippen molar-refractivity contribution in [3.8, 4) is 0 Å². The molecule has 0 aliphatic heterocycles. The van der Waals surface area contributed by atoms with E-state index in [2.05, 4.69) is 15.3 Å². The van der Waals surface area contributed by atoms with Crippen LogP contribution in [0.5, 0.6) is 0 Å². The Kier molecular flexibility index (Phi) is 4.34. The van der Waals surface area contributed by atoms with Crippen LogP contribution in [0.3, 0.4) is 0 Å². The summed E-state index contributed by atoms with van der Waals surface area (Å²) in [6, 6.07) is 2.98. The zero-order valence-electron chi connectivity index (χ0n) is 12.6. The summed E-state index contributed by atoms with van der Waals surface area (Å²) < 4.78 is 15.2. The van der Waals surface area contributed by atoms with Gasteiger partial charge >= 0.3 is 0 Å². The average molecular weight is 335 g/mol. The van der Waals surface area contributed by atoms with Gasteiger partial charge in [0.2, 0.25) is 5.91 Å². The van der Waals surface area contributed by atoms with Gasteiger partial charge < -0.3 is 14.9 Å². The van der Waals surface area contributed by atoms with Crippen molar-refractivity contribution in [1.29, 1.82) is 0 Å². The number of amides is 1. The van der Waals surface area contributed by atoms with E-state index in [9.17, 15) is 9.18 Å². The van der Waals surface area contributed by atoms with E-state index in [0.717, 1.165) is 16.8 Å². The third kappa shape index (κ3) is 3.37. The van der Waals surface area contributed by atoms with Crippen LogP contribution < -0.4 is 5.32 Å². The van der Waals surface area contributed by atoms with Crippen LogP contribution >= 0.6 is 11.6 Å². The summed E-state index contributed by atoms with van der Waals surface area (Å²) in [4.78, 5) is 19.0. The number of halogens is 2. The number of rotatable bonds is 5. The average Bonchev–Trinajstić information content (AvgIpc) is 3.07. The molecule has 2 N–H and O–H groups in total. The monoisotopic (exact) mass is 334 g/mol. The number of benzene rings is 1. The topological polar surface area (TPSA) is 62.7 Å². The largest absolute Gasteiger partial charge is 0.361 e. The van der Waals surface area contributed by atoms with Gasteiger partial charge in [-0.25, -0.2) is 9.37 Å². The highest BCUT2D eigenvalue weighted by Crippen LogP contribution is 2.25. The lowest BCUT2D eigenvalue weighted by molar-refractivity contribution is -0.121. The molecule has 0 fully saturated rings. The molecule has 120 valence electrons. The highest BCUT2D eigenvalue weighted by Gasteiger charge is 2.09. The molecule has 2 heterocycles. The minimum absolute atomic E-state index is 0.0741. The second-order valence-corrected chi connectivity index (χ2v) is 5.74. The van der Waals surface area contributed by atoms with Crippen LogP contribution in [0.15, 0.2) is 30.7 Å². The van der Waals surface area contributed by atoms with Gasteiger partial charge in [0.15, 0.2) is 0 Å². The number of carbonyl (C=O) groups excluding carboxylic acids is 1. The summed E-state index contributed by atoms with van der Waals surface area (Å²) in [5.41, 5.74) is 1.68. The molecule has 0 saturated carbocycles. The van der Waals surface area contributed by atoms with E-state index in [1.54, 1.807) is 23.0 Å². The molecule has 0 saturated heterocycles. The highest BCUT2D eigenvalue weighted by atomic mass is 35.5. The fourth-order valence-electron chi connectivity index (χ4n) is 2.50. The molecule has 0 bridgehead atoms. The summed E-state index contributed by atoms with van der Waals surface area (Å²) in [5.74, 6) is 0.278. The predicted octanol–water partition coefficient (Wildman–Crippen LogP) is 2.82. The molecule has 0 aliphatic carbocycles. The Bertz CT molecular complexity index is 855. The Hall–Kier alpha value is -2.34. The summed E-state index contributed by atoms with van der Waals surface area (Å²) in [6.07, 6.45) is 5.88. The van der Waals surface area contributed by atoms with E-state index in [1.807, 2.05) is 13.1 Å². The summed E-state index contributed by atoms with van der Waals surface area (Å²) in [7, 11) is 0. The Morgan fingerprint density at radius 2 is 2.30 bits per heavy atom. The number of carbonyl (C=O) groups is 1. The van der Waals surface area contributed by atoms with Crippen molar-refractivity contribution in [3.05, 3.63) is 53.0 Å². The first kappa shape index (κ1) is 15.6. The Morgan fingerprint density at radius 1 is 1.48 bits per heavy atom. The molecule has 0 unspecified atom stereocenters. The van der Waals surface area contributed by atoms with Crippen molar-refractivity contribution >= 4 is 28.4 Å². The van der Waals surface area contributed by atoms with E-state index < -0.39 is 5.82 Å². The number of H-pyrrole nitrogens is 1. The van der Waals surface area contributed by atoms with Crippen LogP contribution in [0.25, 0.3) is 10.9 Å². The second kappa shape index (κ2) is 6.42. The number of imidazole rings is 1. The van der Waals surface area contributed by atoms with Gasteiger partial charge in [-0.05, 0) is 31.0 Å². The lowest BCUT2D eigenvalue weighted by Crippen LogP contribution is -2.29. The maximum atomic E-state index is 13.4. The normalized spacial score (nSPS) is 11.1. The molecule has 5 nitrogen and oxygen atoms in total. The van der Waals surface area contributed by atoms with Gasteiger partial charge in [-0.2, -0.15) is 0 Å². The SMILES string of the molecule is Cc1nccn1CC(=O)NCCc1c[nH]c2cc(F)c(Cl)cc12. The molecule has 1 aromatic carbocycles. The maximum Gasteiger partial charge on any atom is 0.239 e.